The number of nitrogens with zero attached hydrogens (tertiary/aromatic N) is 3. The number of carbonyl (C=O) groups is 2. The molecular weight excluding hydrogens is 416 g/mol. The highest BCUT2D eigenvalue weighted by Gasteiger charge is 2.25. The summed E-state index contributed by atoms with van der Waals surface area (Å²) in [5, 5.41) is 16.3. The van der Waals surface area contributed by atoms with Crippen LogP contribution in [0.1, 0.15) is 22.5 Å². The topological polar surface area (TPSA) is 95.8 Å². The number of hydrogen-bond donors (Lipinski definition) is 1. The number of piperazine rings is 1. The lowest BCUT2D eigenvalue weighted by Gasteiger charge is -2.36. The Hall–Kier alpha value is -2.65. The van der Waals surface area contributed by atoms with Crippen LogP contribution in [-0.2, 0) is 4.79 Å². The van der Waals surface area contributed by atoms with Crippen molar-refractivity contribution in [1.82, 2.24) is 10.2 Å². The molecule has 0 bridgehead atoms. The number of carbonyl (C=O) groups excluding carboxylic acids is 2. The molecule has 0 unspecified atom stereocenters. The van der Waals surface area contributed by atoms with Crippen molar-refractivity contribution in [3.8, 4) is 0 Å². The van der Waals surface area contributed by atoms with Crippen molar-refractivity contribution in [3.05, 3.63) is 55.7 Å². The highest BCUT2D eigenvalue weighted by atomic mass is 35.5. The molecule has 1 aliphatic rings. The van der Waals surface area contributed by atoms with Gasteiger partial charge in [-0.15, -0.1) is 11.3 Å². The van der Waals surface area contributed by atoms with E-state index in [4.69, 9.17) is 11.6 Å². The highest BCUT2D eigenvalue weighted by molar-refractivity contribution is 7.12. The van der Waals surface area contributed by atoms with Gasteiger partial charge in [0, 0.05) is 50.2 Å². The SMILES string of the molecule is O=C(NCCCC(=O)N1CCN(c2ccc(Cl)cc2[N+](=O)[O-])CC1)c1cccs1. The molecular formula is C19H21ClN4O4S. The number of halogens is 1. The van der Waals surface area contributed by atoms with Crippen LogP contribution in [0.3, 0.4) is 0 Å². The standard InChI is InChI=1S/C19H21ClN4O4S/c20-14-5-6-15(16(13-14)24(27)28)22-8-10-23(11-9-22)18(25)4-1-7-21-19(26)17-3-2-12-29-17/h2-3,5-6,12-13H,1,4,7-11H2,(H,21,26). The Morgan fingerprint density at radius 2 is 1.97 bits per heavy atom. The van der Waals surface area contributed by atoms with Gasteiger partial charge in [-0.1, -0.05) is 17.7 Å². The molecule has 0 aliphatic carbocycles. The number of amides is 2. The van der Waals surface area contributed by atoms with Gasteiger partial charge in [0.15, 0.2) is 0 Å². The number of nitrogens with one attached hydrogen (secondary N) is 1. The monoisotopic (exact) mass is 436 g/mol. The number of anilines is 1. The molecule has 1 fully saturated rings. The molecule has 1 N–H and O–H groups in total. The van der Waals surface area contributed by atoms with Gasteiger partial charge in [-0.05, 0) is 30.0 Å². The van der Waals surface area contributed by atoms with Crippen molar-refractivity contribution < 1.29 is 14.5 Å². The number of nitro groups is 1. The summed E-state index contributed by atoms with van der Waals surface area (Å²) in [7, 11) is 0. The molecule has 1 aliphatic heterocycles. The van der Waals surface area contributed by atoms with Crippen molar-refractivity contribution in [3.63, 3.8) is 0 Å². The number of benzene rings is 1. The van der Waals surface area contributed by atoms with E-state index in [1.165, 1.54) is 17.4 Å². The zero-order valence-corrected chi connectivity index (χ0v) is 17.2. The average Bonchev–Trinajstić information content (AvgIpc) is 3.26. The summed E-state index contributed by atoms with van der Waals surface area (Å²) in [6, 6.07) is 8.20. The lowest BCUT2D eigenvalue weighted by molar-refractivity contribution is -0.384. The average molecular weight is 437 g/mol. The fraction of sp³-hybridized carbons (Fsp3) is 0.368. The van der Waals surface area contributed by atoms with Crippen molar-refractivity contribution in [1.29, 1.82) is 0 Å². The quantitative estimate of drug-likeness (QED) is 0.408. The smallest absolute Gasteiger partial charge is 0.294 e. The Bertz CT molecular complexity index is 882. The Morgan fingerprint density at radius 3 is 2.62 bits per heavy atom. The van der Waals surface area contributed by atoms with Gasteiger partial charge in [-0.2, -0.15) is 0 Å². The second-order valence-corrected chi connectivity index (χ2v) is 7.98. The minimum atomic E-state index is -0.441. The van der Waals surface area contributed by atoms with Crippen molar-refractivity contribution >= 4 is 46.1 Å². The Kier molecular flexibility index (Phi) is 7.05. The second kappa shape index (κ2) is 9.71. The van der Waals surface area contributed by atoms with E-state index in [9.17, 15) is 19.7 Å². The lowest BCUT2D eigenvalue weighted by atomic mass is 10.2. The zero-order chi connectivity index (χ0) is 20.8. The van der Waals surface area contributed by atoms with Crippen LogP contribution in [0.2, 0.25) is 5.02 Å². The number of rotatable bonds is 7. The molecule has 154 valence electrons. The van der Waals surface area contributed by atoms with Crippen molar-refractivity contribution in [2.45, 2.75) is 12.8 Å². The normalized spacial score (nSPS) is 14.0. The first kappa shape index (κ1) is 21.1. The first-order chi connectivity index (χ1) is 14.0. The van der Waals surface area contributed by atoms with Crippen LogP contribution in [0.25, 0.3) is 0 Å². The van der Waals surface area contributed by atoms with Crippen LogP contribution in [0, 0.1) is 10.1 Å². The minimum Gasteiger partial charge on any atom is -0.362 e. The molecule has 1 saturated heterocycles. The third kappa shape index (κ3) is 5.45. The Balaban J connectivity index is 1.44. The first-order valence-electron chi connectivity index (χ1n) is 9.24. The molecule has 2 amide bonds. The first-order valence-corrected chi connectivity index (χ1v) is 10.5. The summed E-state index contributed by atoms with van der Waals surface area (Å²) in [4.78, 5) is 39.4. The van der Waals surface area contributed by atoms with Gasteiger partial charge in [0.05, 0.1) is 9.80 Å². The van der Waals surface area contributed by atoms with E-state index in [0.717, 1.165) is 0 Å². The minimum absolute atomic E-state index is 0.0284. The zero-order valence-electron chi connectivity index (χ0n) is 15.7. The summed E-state index contributed by atoms with van der Waals surface area (Å²) in [5.41, 5.74) is 0.488. The van der Waals surface area contributed by atoms with Gasteiger partial charge < -0.3 is 15.1 Å². The predicted octanol–water partition coefficient (Wildman–Crippen LogP) is 3.17. The van der Waals surface area contributed by atoms with Gasteiger partial charge in [0.2, 0.25) is 5.91 Å². The van der Waals surface area contributed by atoms with Crippen LogP contribution in [0.5, 0.6) is 0 Å². The fourth-order valence-electron chi connectivity index (χ4n) is 3.20. The van der Waals surface area contributed by atoms with Crippen LogP contribution in [0.4, 0.5) is 11.4 Å². The van der Waals surface area contributed by atoms with E-state index in [2.05, 4.69) is 5.32 Å². The molecule has 1 aromatic carbocycles. The Labute approximate surface area is 177 Å². The van der Waals surface area contributed by atoms with Crippen molar-refractivity contribution in [2.24, 2.45) is 0 Å². The maximum atomic E-state index is 12.4. The lowest BCUT2D eigenvalue weighted by Crippen LogP contribution is -2.49. The maximum absolute atomic E-state index is 12.4. The van der Waals surface area contributed by atoms with Crippen LogP contribution >= 0.6 is 22.9 Å². The van der Waals surface area contributed by atoms with Crippen molar-refractivity contribution in [2.75, 3.05) is 37.6 Å². The third-order valence-corrected chi connectivity index (χ3v) is 5.81. The molecule has 0 radical (unpaired) electrons. The number of nitro benzene ring substituents is 1. The van der Waals surface area contributed by atoms with E-state index >= 15 is 0 Å². The third-order valence-electron chi connectivity index (χ3n) is 4.71. The summed E-state index contributed by atoms with van der Waals surface area (Å²) in [6.07, 6.45) is 0.921. The summed E-state index contributed by atoms with van der Waals surface area (Å²) >= 11 is 7.25. The van der Waals surface area contributed by atoms with Gasteiger partial charge in [0.25, 0.3) is 11.6 Å². The molecule has 0 atom stereocenters. The molecule has 0 spiro atoms. The Morgan fingerprint density at radius 1 is 1.21 bits per heavy atom. The molecule has 2 heterocycles. The van der Waals surface area contributed by atoms with Gasteiger partial charge in [-0.3, -0.25) is 19.7 Å². The summed E-state index contributed by atoms with van der Waals surface area (Å²) in [6.45, 7) is 2.48. The molecule has 1 aromatic heterocycles. The van der Waals surface area contributed by atoms with E-state index in [1.807, 2.05) is 16.3 Å². The molecule has 10 heteroatoms. The van der Waals surface area contributed by atoms with E-state index in [0.29, 0.717) is 61.2 Å². The summed E-state index contributed by atoms with van der Waals surface area (Å²) < 4.78 is 0. The summed E-state index contributed by atoms with van der Waals surface area (Å²) in [5.74, 6) is -0.0914. The van der Waals surface area contributed by atoms with E-state index in [1.54, 1.807) is 23.1 Å². The van der Waals surface area contributed by atoms with Crippen LogP contribution < -0.4 is 10.2 Å². The van der Waals surface area contributed by atoms with Gasteiger partial charge in [0.1, 0.15) is 5.69 Å². The highest BCUT2D eigenvalue weighted by Crippen LogP contribution is 2.31. The second-order valence-electron chi connectivity index (χ2n) is 6.59. The maximum Gasteiger partial charge on any atom is 0.294 e. The molecule has 3 rings (SSSR count). The largest absolute Gasteiger partial charge is 0.362 e. The molecule has 29 heavy (non-hydrogen) atoms. The van der Waals surface area contributed by atoms with Gasteiger partial charge >= 0.3 is 0 Å². The van der Waals surface area contributed by atoms with Crippen LogP contribution in [0.15, 0.2) is 35.7 Å². The molecule has 2 aromatic rings. The van der Waals surface area contributed by atoms with E-state index < -0.39 is 4.92 Å². The molecule has 0 saturated carbocycles. The van der Waals surface area contributed by atoms with Crippen LogP contribution in [-0.4, -0.2) is 54.4 Å². The number of thiophene rings is 1. The fourth-order valence-corrected chi connectivity index (χ4v) is 4.01. The van der Waals surface area contributed by atoms with Gasteiger partial charge in [-0.25, -0.2) is 0 Å². The predicted molar refractivity (Wildman–Crippen MR) is 113 cm³/mol. The number of hydrogen-bond acceptors (Lipinski definition) is 6. The van der Waals surface area contributed by atoms with E-state index in [-0.39, 0.29) is 17.5 Å². The molecule has 8 nitrogen and oxygen atoms in total.